The highest BCUT2D eigenvalue weighted by atomic mass is 16.2. The Morgan fingerprint density at radius 2 is 1.30 bits per heavy atom. The van der Waals surface area contributed by atoms with E-state index in [0.717, 1.165) is 25.7 Å². The van der Waals surface area contributed by atoms with Crippen LogP contribution in [0.3, 0.4) is 0 Å². The highest BCUT2D eigenvalue weighted by molar-refractivity contribution is 5.75. The van der Waals surface area contributed by atoms with Crippen LogP contribution in [0.5, 0.6) is 0 Å². The number of rotatable bonds is 5. The third kappa shape index (κ3) is 7.10. The molecule has 0 aromatic heterocycles. The molecule has 0 aromatic rings. The van der Waals surface area contributed by atoms with Crippen molar-refractivity contribution in [2.75, 3.05) is 6.54 Å². The fourth-order valence-corrected chi connectivity index (χ4v) is 3.48. The van der Waals surface area contributed by atoms with Crippen molar-refractivity contribution in [3.05, 3.63) is 0 Å². The number of urea groups is 2. The van der Waals surface area contributed by atoms with E-state index in [1.165, 1.54) is 38.5 Å². The van der Waals surface area contributed by atoms with Gasteiger partial charge in [-0.15, -0.1) is 0 Å². The number of carbonyl (C=O) groups excluding carboxylic acids is 2. The molecule has 4 amide bonds. The summed E-state index contributed by atoms with van der Waals surface area (Å²) in [6.07, 6.45) is 11.6. The zero-order chi connectivity index (χ0) is 16.5. The van der Waals surface area contributed by atoms with E-state index in [-0.39, 0.29) is 18.1 Å². The largest absolute Gasteiger partial charge is 0.336 e. The first-order valence-corrected chi connectivity index (χ1v) is 9.25. The van der Waals surface area contributed by atoms with Crippen molar-refractivity contribution in [1.82, 2.24) is 21.3 Å². The van der Waals surface area contributed by atoms with Crippen LogP contribution in [-0.4, -0.2) is 36.7 Å². The monoisotopic (exact) mass is 324 g/mol. The van der Waals surface area contributed by atoms with Gasteiger partial charge in [0.2, 0.25) is 0 Å². The molecule has 2 aliphatic carbocycles. The molecule has 6 nitrogen and oxygen atoms in total. The zero-order valence-electron chi connectivity index (χ0n) is 14.3. The minimum Gasteiger partial charge on any atom is -0.336 e. The van der Waals surface area contributed by atoms with E-state index in [0.29, 0.717) is 18.6 Å². The van der Waals surface area contributed by atoms with Crippen LogP contribution in [-0.2, 0) is 0 Å². The molecular formula is C17H32N4O2. The van der Waals surface area contributed by atoms with Gasteiger partial charge in [-0.3, -0.25) is 0 Å². The lowest BCUT2D eigenvalue weighted by molar-refractivity contribution is 0.224. The first-order valence-electron chi connectivity index (χ1n) is 9.25. The normalized spacial score (nSPS) is 21.3. The van der Waals surface area contributed by atoms with Gasteiger partial charge in [-0.05, 0) is 32.6 Å². The molecule has 2 saturated carbocycles. The van der Waals surface area contributed by atoms with E-state index in [9.17, 15) is 9.59 Å². The Bertz CT molecular complexity index is 377. The fourth-order valence-electron chi connectivity index (χ4n) is 3.48. The molecule has 2 fully saturated rings. The first-order chi connectivity index (χ1) is 11.1. The lowest BCUT2D eigenvalue weighted by Gasteiger charge is -2.25. The molecule has 0 bridgehead atoms. The van der Waals surface area contributed by atoms with Crippen LogP contribution in [0.2, 0.25) is 0 Å². The summed E-state index contributed by atoms with van der Waals surface area (Å²) in [4.78, 5) is 23.8. The van der Waals surface area contributed by atoms with Gasteiger partial charge in [-0.25, -0.2) is 9.59 Å². The van der Waals surface area contributed by atoms with Crippen molar-refractivity contribution in [3.8, 4) is 0 Å². The molecule has 0 saturated heterocycles. The Morgan fingerprint density at radius 1 is 0.826 bits per heavy atom. The number of hydrogen-bond donors (Lipinski definition) is 4. The molecule has 2 rings (SSSR count). The average molecular weight is 324 g/mol. The van der Waals surface area contributed by atoms with Gasteiger partial charge in [0.05, 0.1) is 0 Å². The topological polar surface area (TPSA) is 82.3 Å². The van der Waals surface area contributed by atoms with Gasteiger partial charge in [-0.1, -0.05) is 38.5 Å². The van der Waals surface area contributed by atoms with Gasteiger partial charge in [0.25, 0.3) is 0 Å². The lowest BCUT2D eigenvalue weighted by Crippen LogP contribution is -2.51. The Hall–Kier alpha value is -1.46. The molecule has 4 N–H and O–H groups in total. The summed E-state index contributed by atoms with van der Waals surface area (Å²) in [6.45, 7) is 2.35. The van der Waals surface area contributed by atoms with Crippen LogP contribution >= 0.6 is 0 Å². The molecule has 0 aromatic carbocycles. The summed E-state index contributed by atoms with van der Waals surface area (Å²) >= 11 is 0. The van der Waals surface area contributed by atoms with E-state index in [1.54, 1.807) is 0 Å². The molecule has 0 spiro atoms. The molecule has 0 aliphatic heterocycles. The maximum Gasteiger partial charge on any atom is 0.315 e. The maximum absolute atomic E-state index is 11.9. The number of amides is 4. The first kappa shape index (κ1) is 17.9. The summed E-state index contributed by atoms with van der Waals surface area (Å²) in [6, 6.07) is 0.271. The average Bonchev–Trinajstić information content (AvgIpc) is 2.55. The Balaban J connectivity index is 1.57. The van der Waals surface area contributed by atoms with E-state index in [4.69, 9.17) is 0 Å². The van der Waals surface area contributed by atoms with Crippen LogP contribution in [0.1, 0.15) is 71.1 Å². The fraction of sp³-hybridized carbons (Fsp3) is 0.882. The van der Waals surface area contributed by atoms with Gasteiger partial charge >= 0.3 is 12.1 Å². The summed E-state index contributed by atoms with van der Waals surface area (Å²) in [5, 5.41) is 11.8. The summed E-state index contributed by atoms with van der Waals surface area (Å²) in [5.74, 6) is 0. The molecule has 2 aliphatic rings. The lowest BCUT2D eigenvalue weighted by atomic mass is 9.96. The predicted molar refractivity (Wildman–Crippen MR) is 91.4 cm³/mol. The number of carbonyl (C=O) groups is 2. The number of nitrogens with one attached hydrogen (secondary N) is 4. The van der Waals surface area contributed by atoms with Crippen LogP contribution in [0.4, 0.5) is 9.59 Å². The molecule has 132 valence electrons. The maximum atomic E-state index is 11.9. The van der Waals surface area contributed by atoms with Crippen LogP contribution in [0, 0.1) is 0 Å². The minimum atomic E-state index is -0.127. The van der Waals surface area contributed by atoms with Crippen molar-refractivity contribution in [2.24, 2.45) is 0 Å². The smallest absolute Gasteiger partial charge is 0.315 e. The van der Waals surface area contributed by atoms with Gasteiger partial charge in [-0.2, -0.15) is 0 Å². The Kier molecular flexibility index (Phi) is 7.49. The van der Waals surface area contributed by atoms with Gasteiger partial charge in [0.1, 0.15) is 0 Å². The third-order valence-electron chi connectivity index (χ3n) is 4.83. The highest BCUT2D eigenvalue weighted by Gasteiger charge is 2.18. The van der Waals surface area contributed by atoms with Crippen LogP contribution < -0.4 is 21.3 Å². The number of hydrogen-bond acceptors (Lipinski definition) is 2. The van der Waals surface area contributed by atoms with E-state index >= 15 is 0 Å². The summed E-state index contributed by atoms with van der Waals surface area (Å²) < 4.78 is 0. The SMILES string of the molecule is C[C@@H](CNC(=O)NC1CCCCC1)NC(=O)NC1CCCCC1. The molecule has 0 radical (unpaired) electrons. The second-order valence-electron chi connectivity index (χ2n) is 7.04. The van der Waals surface area contributed by atoms with E-state index < -0.39 is 0 Å². The van der Waals surface area contributed by atoms with Crippen LogP contribution in [0.15, 0.2) is 0 Å². The minimum absolute atomic E-state index is 0.0873. The van der Waals surface area contributed by atoms with Gasteiger partial charge < -0.3 is 21.3 Å². The quantitative estimate of drug-likeness (QED) is 0.627. The Morgan fingerprint density at radius 3 is 1.83 bits per heavy atom. The van der Waals surface area contributed by atoms with Gasteiger partial charge in [0.15, 0.2) is 0 Å². The summed E-state index contributed by atoms with van der Waals surface area (Å²) in [5.41, 5.74) is 0. The zero-order valence-corrected chi connectivity index (χ0v) is 14.3. The third-order valence-corrected chi connectivity index (χ3v) is 4.83. The van der Waals surface area contributed by atoms with Crippen molar-refractivity contribution < 1.29 is 9.59 Å². The van der Waals surface area contributed by atoms with Crippen molar-refractivity contribution >= 4 is 12.1 Å². The standard InChI is InChI=1S/C17H32N4O2/c1-13(19-17(23)21-15-10-6-3-7-11-15)12-18-16(22)20-14-8-4-2-5-9-14/h13-15H,2-12H2,1H3,(H2,18,20,22)(H2,19,21,23)/t13-/m0/s1. The molecular weight excluding hydrogens is 292 g/mol. The predicted octanol–water partition coefficient (Wildman–Crippen LogP) is 2.64. The van der Waals surface area contributed by atoms with Crippen molar-refractivity contribution in [3.63, 3.8) is 0 Å². The second-order valence-corrected chi connectivity index (χ2v) is 7.04. The van der Waals surface area contributed by atoms with Crippen LogP contribution in [0.25, 0.3) is 0 Å². The highest BCUT2D eigenvalue weighted by Crippen LogP contribution is 2.17. The Labute approximate surface area is 139 Å². The molecule has 0 heterocycles. The summed E-state index contributed by atoms with van der Waals surface area (Å²) in [7, 11) is 0. The second kappa shape index (κ2) is 9.63. The van der Waals surface area contributed by atoms with Gasteiger partial charge in [0, 0.05) is 24.7 Å². The van der Waals surface area contributed by atoms with Crippen molar-refractivity contribution in [1.29, 1.82) is 0 Å². The van der Waals surface area contributed by atoms with E-state index in [2.05, 4.69) is 21.3 Å². The van der Waals surface area contributed by atoms with Crippen molar-refractivity contribution in [2.45, 2.75) is 89.3 Å². The molecule has 1 atom stereocenters. The van der Waals surface area contributed by atoms with E-state index in [1.807, 2.05) is 6.92 Å². The molecule has 23 heavy (non-hydrogen) atoms. The molecule has 6 heteroatoms. The molecule has 0 unspecified atom stereocenters.